The number of rotatable bonds is 9. The fraction of sp³-hybridized carbons (Fsp3) is 0.360. The molecule has 1 saturated carbocycles. The van der Waals surface area contributed by atoms with Crippen molar-refractivity contribution in [1.29, 1.82) is 0 Å². The summed E-state index contributed by atoms with van der Waals surface area (Å²) in [5.41, 5.74) is 2.23. The van der Waals surface area contributed by atoms with E-state index in [0.29, 0.717) is 36.0 Å². The Bertz CT molecular complexity index is 1270. The second-order valence-corrected chi connectivity index (χ2v) is 9.23. The molecule has 1 unspecified atom stereocenters. The van der Waals surface area contributed by atoms with Gasteiger partial charge < -0.3 is 21.3 Å². The van der Waals surface area contributed by atoms with Gasteiger partial charge in [0, 0.05) is 42.2 Å². The van der Waals surface area contributed by atoms with E-state index < -0.39 is 11.9 Å². The van der Waals surface area contributed by atoms with E-state index in [-0.39, 0.29) is 36.0 Å². The van der Waals surface area contributed by atoms with Gasteiger partial charge in [-0.25, -0.2) is 13.8 Å². The first kappa shape index (κ1) is 23.7. The van der Waals surface area contributed by atoms with Crippen molar-refractivity contribution in [2.75, 3.05) is 10.6 Å². The number of hydrogen-bond acceptors (Lipinski definition) is 6. The summed E-state index contributed by atoms with van der Waals surface area (Å²) in [7, 11) is 0. The Morgan fingerprint density at radius 3 is 2.61 bits per heavy atom. The van der Waals surface area contributed by atoms with Gasteiger partial charge >= 0.3 is 0 Å². The van der Waals surface area contributed by atoms with Gasteiger partial charge in [-0.15, -0.1) is 0 Å². The number of hydrogen-bond donors (Lipinski definition) is 5. The number of benzene rings is 1. The molecule has 0 radical (unpaired) electrons. The van der Waals surface area contributed by atoms with E-state index in [1.807, 2.05) is 13.0 Å². The molecule has 1 aliphatic heterocycles. The minimum absolute atomic E-state index is 0.00209. The molecule has 188 valence electrons. The van der Waals surface area contributed by atoms with Crippen LogP contribution in [0.2, 0.25) is 0 Å². The molecule has 1 saturated heterocycles. The van der Waals surface area contributed by atoms with E-state index in [1.54, 1.807) is 12.1 Å². The smallest absolute Gasteiger partial charge is 0.242 e. The molecule has 2 amide bonds. The monoisotopic (exact) mass is 495 g/mol. The number of carbonyl (C=O) groups is 2. The summed E-state index contributed by atoms with van der Waals surface area (Å²) in [6.07, 6.45) is 2.93. The minimum atomic E-state index is -0.607. The molecule has 1 aromatic carbocycles. The van der Waals surface area contributed by atoms with Crippen molar-refractivity contribution in [3.63, 3.8) is 0 Å². The van der Waals surface area contributed by atoms with Crippen molar-refractivity contribution in [1.82, 2.24) is 25.8 Å². The summed E-state index contributed by atoms with van der Waals surface area (Å²) in [5.74, 6) is -0.204. The third-order valence-electron chi connectivity index (χ3n) is 6.40. The third kappa shape index (κ3) is 5.45. The number of pyridine rings is 1. The highest BCUT2D eigenvalue weighted by Crippen LogP contribution is 2.39. The fourth-order valence-electron chi connectivity index (χ4n) is 4.16. The normalized spacial score (nSPS) is 18.0. The maximum absolute atomic E-state index is 15.1. The van der Waals surface area contributed by atoms with E-state index in [4.69, 9.17) is 0 Å². The number of H-pyrrole nitrogens is 1. The zero-order valence-electron chi connectivity index (χ0n) is 19.7. The van der Waals surface area contributed by atoms with Crippen LogP contribution < -0.4 is 21.3 Å². The summed E-state index contributed by atoms with van der Waals surface area (Å²) >= 11 is 0. The Kier molecular flexibility index (Phi) is 6.53. The second kappa shape index (κ2) is 9.92. The zero-order valence-corrected chi connectivity index (χ0v) is 19.7. The second-order valence-electron chi connectivity index (χ2n) is 9.23. The fourth-order valence-corrected chi connectivity index (χ4v) is 4.16. The predicted molar refractivity (Wildman–Crippen MR) is 129 cm³/mol. The van der Waals surface area contributed by atoms with Crippen LogP contribution in [-0.2, 0) is 16.1 Å². The molecule has 36 heavy (non-hydrogen) atoms. The lowest BCUT2D eigenvalue weighted by Gasteiger charge is -2.20. The largest absolute Gasteiger partial charge is 0.363 e. The van der Waals surface area contributed by atoms with Crippen molar-refractivity contribution in [3.05, 3.63) is 64.9 Å². The molecular weight excluding hydrogens is 468 g/mol. The molecule has 0 bridgehead atoms. The summed E-state index contributed by atoms with van der Waals surface area (Å²) in [6, 6.07) is 8.30. The van der Waals surface area contributed by atoms with Gasteiger partial charge in [-0.05, 0) is 49.9 Å². The summed E-state index contributed by atoms with van der Waals surface area (Å²) < 4.78 is 28.4. The van der Waals surface area contributed by atoms with Crippen molar-refractivity contribution < 1.29 is 18.4 Å². The van der Waals surface area contributed by atoms with Crippen LogP contribution in [0.25, 0.3) is 0 Å². The SMILES string of the molecule is C[C@H](Nc1nc(Nc2cc(C3CC3)[nH]n2)c(F)cc1CNC(=O)C1CCC(=O)N1)c1ccc(F)cc1. The number of halogens is 2. The van der Waals surface area contributed by atoms with Gasteiger partial charge in [-0.2, -0.15) is 5.10 Å². The molecule has 3 aromatic rings. The van der Waals surface area contributed by atoms with Crippen LogP contribution in [0.5, 0.6) is 0 Å². The third-order valence-corrected chi connectivity index (χ3v) is 6.40. The molecule has 5 N–H and O–H groups in total. The van der Waals surface area contributed by atoms with Gasteiger partial charge in [0.15, 0.2) is 17.5 Å². The van der Waals surface area contributed by atoms with Gasteiger partial charge in [0.2, 0.25) is 11.8 Å². The van der Waals surface area contributed by atoms with Gasteiger partial charge in [0.05, 0.1) is 0 Å². The number of carbonyl (C=O) groups excluding carboxylic acids is 2. The summed E-state index contributed by atoms with van der Waals surface area (Å²) in [4.78, 5) is 28.4. The van der Waals surface area contributed by atoms with Crippen molar-refractivity contribution in [3.8, 4) is 0 Å². The van der Waals surface area contributed by atoms with Gasteiger partial charge in [0.25, 0.3) is 0 Å². The van der Waals surface area contributed by atoms with Crippen LogP contribution in [0.1, 0.15) is 61.4 Å². The maximum Gasteiger partial charge on any atom is 0.242 e. The highest BCUT2D eigenvalue weighted by Gasteiger charge is 2.28. The first-order chi connectivity index (χ1) is 17.4. The van der Waals surface area contributed by atoms with Gasteiger partial charge in [0.1, 0.15) is 17.7 Å². The molecule has 2 atom stereocenters. The Labute approximate surface area is 206 Å². The van der Waals surface area contributed by atoms with Crippen LogP contribution in [-0.4, -0.2) is 33.0 Å². The average molecular weight is 496 g/mol. The predicted octanol–water partition coefficient (Wildman–Crippen LogP) is 3.77. The molecule has 2 aliphatic rings. The number of aromatic amines is 1. The number of nitrogens with zero attached hydrogens (tertiary/aromatic N) is 2. The van der Waals surface area contributed by atoms with E-state index in [1.165, 1.54) is 18.2 Å². The van der Waals surface area contributed by atoms with Crippen LogP contribution in [0, 0.1) is 11.6 Å². The average Bonchev–Trinajstić information content (AvgIpc) is 3.45. The van der Waals surface area contributed by atoms with Crippen LogP contribution in [0.15, 0.2) is 36.4 Å². The molecule has 11 heteroatoms. The molecule has 3 heterocycles. The number of aromatic nitrogens is 3. The highest BCUT2D eigenvalue weighted by atomic mass is 19.1. The Balaban J connectivity index is 1.37. The van der Waals surface area contributed by atoms with Crippen molar-refractivity contribution >= 4 is 29.3 Å². The standard InChI is InChI=1S/C25H27F2N7O2/c1-13(14-4-6-17(26)7-5-14)29-23-16(12-28-25(36)19-8-9-22(35)30-19)10-18(27)24(32-23)31-21-11-20(33-34-21)15-2-3-15/h4-7,10-11,13,15,19H,2-3,8-9,12H2,1H3,(H,28,36)(H,30,35)(H3,29,31,32,33,34)/t13-,19?/m0/s1. The minimum Gasteiger partial charge on any atom is -0.363 e. The van der Waals surface area contributed by atoms with Crippen LogP contribution in [0.4, 0.5) is 26.2 Å². The Hall–Kier alpha value is -4.02. The zero-order chi connectivity index (χ0) is 25.2. The lowest BCUT2D eigenvalue weighted by Crippen LogP contribution is -2.41. The molecule has 0 spiro atoms. The molecule has 1 aliphatic carbocycles. The number of anilines is 3. The lowest BCUT2D eigenvalue weighted by molar-refractivity contribution is -0.125. The summed E-state index contributed by atoms with van der Waals surface area (Å²) in [5, 5.41) is 18.7. The lowest BCUT2D eigenvalue weighted by atomic mass is 10.1. The maximum atomic E-state index is 15.1. The van der Waals surface area contributed by atoms with Crippen LogP contribution in [0.3, 0.4) is 0 Å². The number of nitrogens with one attached hydrogen (secondary N) is 5. The van der Waals surface area contributed by atoms with E-state index in [9.17, 15) is 14.0 Å². The topological polar surface area (TPSA) is 124 Å². The van der Waals surface area contributed by atoms with Crippen molar-refractivity contribution in [2.24, 2.45) is 0 Å². The van der Waals surface area contributed by atoms with E-state index in [2.05, 4.69) is 36.4 Å². The molecule has 2 aromatic heterocycles. The molecule has 2 fully saturated rings. The van der Waals surface area contributed by atoms with Gasteiger partial charge in [-0.3, -0.25) is 14.7 Å². The molecular formula is C25H27F2N7O2. The highest BCUT2D eigenvalue weighted by molar-refractivity contribution is 5.90. The van der Waals surface area contributed by atoms with E-state index in [0.717, 1.165) is 24.1 Å². The van der Waals surface area contributed by atoms with Crippen molar-refractivity contribution in [2.45, 2.75) is 57.2 Å². The Morgan fingerprint density at radius 2 is 1.92 bits per heavy atom. The summed E-state index contributed by atoms with van der Waals surface area (Å²) in [6.45, 7) is 1.87. The Morgan fingerprint density at radius 1 is 1.14 bits per heavy atom. The number of amides is 2. The van der Waals surface area contributed by atoms with Crippen LogP contribution >= 0.6 is 0 Å². The van der Waals surface area contributed by atoms with E-state index >= 15 is 4.39 Å². The first-order valence-corrected chi connectivity index (χ1v) is 12.0. The van der Waals surface area contributed by atoms with Gasteiger partial charge in [-0.1, -0.05) is 12.1 Å². The quantitative estimate of drug-likeness (QED) is 0.308. The molecule has 5 rings (SSSR count). The molecule has 9 nitrogen and oxygen atoms in total. The first-order valence-electron chi connectivity index (χ1n) is 12.0.